The van der Waals surface area contributed by atoms with Gasteiger partial charge < -0.3 is 14.7 Å². The fourth-order valence-corrected chi connectivity index (χ4v) is 3.01. The van der Waals surface area contributed by atoms with Crippen molar-refractivity contribution in [2.24, 2.45) is 5.73 Å². The third-order valence-corrected chi connectivity index (χ3v) is 4.29. The predicted molar refractivity (Wildman–Crippen MR) is 80.5 cm³/mol. The number of hydrogen-bond donors (Lipinski definition) is 1. The Hall–Kier alpha value is -2.74. The molecule has 8 heteroatoms. The first-order valence-corrected chi connectivity index (χ1v) is 7.37. The topological polar surface area (TPSA) is 121 Å². The second kappa shape index (κ2) is 4.88. The number of aromatic nitrogens is 2. The van der Waals surface area contributed by atoms with Crippen molar-refractivity contribution < 1.29 is 13.9 Å². The van der Waals surface area contributed by atoms with Crippen molar-refractivity contribution in [1.29, 1.82) is 0 Å². The van der Waals surface area contributed by atoms with Crippen molar-refractivity contribution in [2.45, 2.75) is 31.2 Å². The van der Waals surface area contributed by atoms with E-state index in [0.717, 1.165) is 25.7 Å². The zero-order valence-corrected chi connectivity index (χ0v) is 12.2. The van der Waals surface area contributed by atoms with Crippen LogP contribution < -0.4 is 5.73 Å². The van der Waals surface area contributed by atoms with Crippen molar-refractivity contribution >= 4 is 16.7 Å². The molecule has 4 rings (SSSR count). The second-order valence-corrected chi connectivity index (χ2v) is 5.88. The molecule has 1 aliphatic rings. The molecule has 0 bridgehead atoms. The van der Waals surface area contributed by atoms with Crippen LogP contribution in [0.2, 0.25) is 0 Å². The van der Waals surface area contributed by atoms with Crippen LogP contribution in [-0.2, 0) is 5.54 Å². The van der Waals surface area contributed by atoms with E-state index in [1.807, 2.05) is 0 Å². The Morgan fingerprint density at radius 3 is 2.78 bits per heavy atom. The highest BCUT2D eigenvalue weighted by molar-refractivity contribution is 5.83. The molecule has 0 amide bonds. The molecule has 2 heterocycles. The van der Waals surface area contributed by atoms with Gasteiger partial charge in [0.1, 0.15) is 5.58 Å². The van der Waals surface area contributed by atoms with E-state index >= 15 is 0 Å². The Morgan fingerprint density at radius 1 is 1.26 bits per heavy atom. The maximum Gasteiger partial charge on any atom is 0.293 e. The molecule has 0 radical (unpaired) electrons. The van der Waals surface area contributed by atoms with Gasteiger partial charge in [-0.25, -0.2) is 0 Å². The van der Waals surface area contributed by atoms with Gasteiger partial charge in [-0.05, 0) is 25.0 Å². The van der Waals surface area contributed by atoms with Gasteiger partial charge in [-0.15, -0.1) is 0 Å². The number of furan rings is 1. The highest BCUT2D eigenvalue weighted by Gasteiger charge is 2.36. The SMILES string of the molecule is NC1(c2noc(-c3cc4cc([N+](=O)[O-])ccc4o3)n2)CCCC1. The molecule has 1 fully saturated rings. The Kier molecular flexibility index (Phi) is 2.95. The molecule has 0 spiro atoms. The van der Waals surface area contributed by atoms with E-state index in [1.165, 1.54) is 12.1 Å². The number of fused-ring (bicyclic) bond motifs is 1. The van der Waals surface area contributed by atoms with Crippen LogP contribution in [-0.4, -0.2) is 15.1 Å². The Labute approximate surface area is 130 Å². The summed E-state index contributed by atoms with van der Waals surface area (Å²) in [5.41, 5.74) is 6.30. The third kappa shape index (κ3) is 2.27. The van der Waals surface area contributed by atoms with Gasteiger partial charge in [-0.2, -0.15) is 4.98 Å². The number of nitrogens with zero attached hydrogens (tertiary/aromatic N) is 3. The van der Waals surface area contributed by atoms with Crippen LogP contribution in [0.5, 0.6) is 0 Å². The smallest absolute Gasteiger partial charge is 0.293 e. The van der Waals surface area contributed by atoms with Gasteiger partial charge >= 0.3 is 0 Å². The van der Waals surface area contributed by atoms with E-state index in [0.29, 0.717) is 22.6 Å². The van der Waals surface area contributed by atoms with Gasteiger partial charge in [0.2, 0.25) is 0 Å². The lowest BCUT2D eigenvalue weighted by molar-refractivity contribution is -0.384. The van der Waals surface area contributed by atoms with Crippen LogP contribution in [0.15, 0.2) is 33.2 Å². The van der Waals surface area contributed by atoms with E-state index in [-0.39, 0.29) is 11.6 Å². The molecule has 3 aromatic rings. The average molecular weight is 314 g/mol. The summed E-state index contributed by atoms with van der Waals surface area (Å²) >= 11 is 0. The molecule has 0 saturated heterocycles. The van der Waals surface area contributed by atoms with E-state index in [9.17, 15) is 10.1 Å². The molecule has 8 nitrogen and oxygen atoms in total. The minimum absolute atomic E-state index is 0.00272. The zero-order chi connectivity index (χ0) is 16.0. The monoisotopic (exact) mass is 314 g/mol. The van der Waals surface area contributed by atoms with Gasteiger partial charge in [0.05, 0.1) is 10.5 Å². The molecule has 0 atom stereocenters. The maximum absolute atomic E-state index is 10.8. The second-order valence-electron chi connectivity index (χ2n) is 5.88. The van der Waals surface area contributed by atoms with Gasteiger partial charge in [0, 0.05) is 17.5 Å². The predicted octanol–water partition coefficient (Wildman–Crippen LogP) is 3.12. The largest absolute Gasteiger partial charge is 0.451 e. The first-order chi connectivity index (χ1) is 11.0. The lowest BCUT2D eigenvalue weighted by Crippen LogP contribution is -2.34. The normalized spacial score (nSPS) is 16.9. The van der Waals surface area contributed by atoms with Crippen LogP contribution in [0.1, 0.15) is 31.5 Å². The number of nitro groups is 1. The first kappa shape index (κ1) is 13.9. The number of rotatable bonds is 3. The van der Waals surface area contributed by atoms with Crippen molar-refractivity contribution in [2.75, 3.05) is 0 Å². The standard InChI is InChI=1S/C15H14N4O4/c16-15(5-1-2-6-15)14-17-13(23-18-14)12-8-9-7-10(19(20)21)3-4-11(9)22-12/h3-4,7-8H,1-2,5-6,16H2. The van der Waals surface area contributed by atoms with Gasteiger partial charge in [0.25, 0.3) is 11.6 Å². The van der Waals surface area contributed by atoms with Gasteiger partial charge in [0.15, 0.2) is 11.6 Å². The van der Waals surface area contributed by atoms with Crippen LogP contribution in [0.4, 0.5) is 5.69 Å². The molecule has 1 aromatic carbocycles. The summed E-state index contributed by atoms with van der Waals surface area (Å²) in [6.07, 6.45) is 3.76. The van der Waals surface area contributed by atoms with Gasteiger partial charge in [-0.1, -0.05) is 18.0 Å². The third-order valence-electron chi connectivity index (χ3n) is 4.29. The zero-order valence-electron chi connectivity index (χ0n) is 12.2. The summed E-state index contributed by atoms with van der Waals surface area (Å²) < 4.78 is 10.9. The molecule has 2 N–H and O–H groups in total. The maximum atomic E-state index is 10.8. The number of benzene rings is 1. The minimum Gasteiger partial charge on any atom is -0.451 e. The summed E-state index contributed by atoms with van der Waals surface area (Å²) in [6, 6.07) is 6.04. The first-order valence-electron chi connectivity index (χ1n) is 7.37. The number of nitro benzene ring substituents is 1. The molecular weight excluding hydrogens is 300 g/mol. The van der Waals surface area contributed by atoms with E-state index < -0.39 is 10.5 Å². The molecule has 23 heavy (non-hydrogen) atoms. The summed E-state index contributed by atoms with van der Waals surface area (Å²) in [7, 11) is 0. The lowest BCUT2D eigenvalue weighted by Gasteiger charge is -2.17. The van der Waals surface area contributed by atoms with Crippen molar-refractivity contribution in [3.8, 4) is 11.7 Å². The molecule has 0 aliphatic heterocycles. The molecule has 1 aliphatic carbocycles. The molecular formula is C15H14N4O4. The molecule has 2 aromatic heterocycles. The fraction of sp³-hybridized carbons (Fsp3) is 0.333. The van der Waals surface area contributed by atoms with E-state index in [1.54, 1.807) is 12.1 Å². The lowest BCUT2D eigenvalue weighted by atomic mass is 9.99. The van der Waals surface area contributed by atoms with Crippen molar-refractivity contribution in [1.82, 2.24) is 10.1 Å². The molecule has 118 valence electrons. The summed E-state index contributed by atoms with van der Waals surface area (Å²) in [5.74, 6) is 1.09. The summed E-state index contributed by atoms with van der Waals surface area (Å²) in [5, 5.41) is 15.4. The Balaban J connectivity index is 1.72. The van der Waals surface area contributed by atoms with Crippen molar-refractivity contribution in [3.63, 3.8) is 0 Å². The number of hydrogen-bond acceptors (Lipinski definition) is 7. The molecule has 0 unspecified atom stereocenters. The minimum atomic E-state index is -0.535. The quantitative estimate of drug-likeness (QED) is 0.582. The van der Waals surface area contributed by atoms with E-state index in [2.05, 4.69) is 10.1 Å². The Morgan fingerprint density at radius 2 is 2.04 bits per heavy atom. The van der Waals surface area contributed by atoms with Crippen molar-refractivity contribution in [3.05, 3.63) is 40.2 Å². The average Bonchev–Trinajstić information content (AvgIpc) is 3.25. The fourth-order valence-electron chi connectivity index (χ4n) is 3.01. The van der Waals surface area contributed by atoms with Crippen LogP contribution >= 0.6 is 0 Å². The highest BCUT2D eigenvalue weighted by Crippen LogP contribution is 2.36. The summed E-state index contributed by atoms with van der Waals surface area (Å²) in [6.45, 7) is 0. The molecule has 1 saturated carbocycles. The van der Waals surface area contributed by atoms with Crippen LogP contribution in [0.25, 0.3) is 22.6 Å². The van der Waals surface area contributed by atoms with Crippen LogP contribution in [0, 0.1) is 10.1 Å². The number of nitrogens with two attached hydrogens (primary N) is 1. The van der Waals surface area contributed by atoms with Crippen LogP contribution in [0.3, 0.4) is 0 Å². The van der Waals surface area contributed by atoms with E-state index in [4.69, 9.17) is 14.7 Å². The Bertz CT molecular complexity index is 892. The number of non-ortho nitro benzene ring substituents is 1. The highest BCUT2D eigenvalue weighted by atomic mass is 16.6. The summed E-state index contributed by atoms with van der Waals surface area (Å²) in [4.78, 5) is 14.7. The van der Waals surface area contributed by atoms with Gasteiger partial charge in [-0.3, -0.25) is 10.1 Å².